The van der Waals surface area contributed by atoms with E-state index in [1.54, 1.807) is 99.1 Å². The standard InChI is InChI=1S/C32H27N3O5S/c1-20-4-6-21(7-5-20)30(36)34-23-10-18-27(19-11-23)41-29-28(33-22-8-14-25(39-2)15-9-22)31(37)35(32(29)38)24-12-16-26(40-3)17-13-24/h4-19,33H,1-3H3,(H,34,36). The number of thioether (sulfide) groups is 1. The Morgan fingerprint density at radius 1 is 0.707 bits per heavy atom. The fourth-order valence-electron chi connectivity index (χ4n) is 4.13. The Hall–Kier alpha value is -5.02. The first kappa shape index (κ1) is 27.5. The minimum Gasteiger partial charge on any atom is -0.497 e. The summed E-state index contributed by atoms with van der Waals surface area (Å²) in [4.78, 5) is 42.0. The predicted octanol–water partition coefficient (Wildman–Crippen LogP) is 6.25. The van der Waals surface area contributed by atoms with Gasteiger partial charge in [0.2, 0.25) is 0 Å². The number of methoxy groups -OCH3 is 2. The molecule has 0 unspecified atom stereocenters. The number of nitrogens with one attached hydrogen (secondary N) is 2. The van der Waals surface area contributed by atoms with Gasteiger partial charge >= 0.3 is 0 Å². The van der Waals surface area contributed by atoms with Crippen LogP contribution in [0.1, 0.15) is 15.9 Å². The van der Waals surface area contributed by atoms with Crippen LogP contribution in [0.3, 0.4) is 0 Å². The molecule has 4 aromatic carbocycles. The highest BCUT2D eigenvalue weighted by Crippen LogP contribution is 2.38. The lowest BCUT2D eigenvalue weighted by Gasteiger charge is -2.15. The van der Waals surface area contributed by atoms with Crippen LogP contribution in [0.5, 0.6) is 11.5 Å². The Labute approximate surface area is 242 Å². The first-order chi connectivity index (χ1) is 19.9. The highest BCUT2D eigenvalue weighted by atomic mass is 32.2. The molecule has 1 heterocycles. The largest absolute Gasteiger partial charge is 0.497 e. The van der Waals surface area contributed by atoms with Gasteiger partial charge in [-0.15, -0.1) is 0 Å². The maximum atomic E-state index is 13.6. The van der Waals surface area contributed by atoms with Crippen LogP contribution < -0.4 is 25.0 Å². The van der Waals surface area contributed by atoms with Crippen LogP contribution in [-0.4, -0.2) is 31.9 Å². The van der Waals surface area contributed by atoms with E-state index < -0.39 is 11.8 Å². The highest BCUT2D eigenvalue weighted by Gasteiger charge is 2.40. The molecule has 0 atom stereocenters. The Balaban J connectivity index is 1.40. The fraction of sp³-hybridized carbons (Fsp3) is 0.0938. The molecule has 4 aromatic rings. The zero-order chi connectivity index (χ0) is 28.9. The molecule has 0 radical (unpaired) electrons. The number of aryl methyl sites for hydroxylation is 1. The number of imide groups is 1. The summed E-state index contributed by atoms with van der Waals surface area (Å²) in [5, 5.41) is 6.01. The van der Waals surface area contributed by atoms with Crippen molar-refractivity contribution < 1.29 is 23.9 Å². The van der Waals surface area contributed by atoms with Crippen molar-refractivity contribution in [3.63, 3.8) is 0 Å². The molecule has 2 N–H and O–H groups in total. The summed E-state index contributed by atoms with van der Waals surface area (Å²) < 4.78 is 10.4. The van der Waals surface area contributed by atoms with Crippen LogP contribution in [0.15, 0.2) is 113 Å². The molecule has 1 aliphatic rings. The SMILES string of the molecule is COc1ccc(NC2=C(Sc3ccc(NC(=O)c4ccc(C)cc4)cc3)C(=O)N(c3ccc(OC)cc3)C2=O)cc1. The number of benzene rings is 4. The average Bonchev–Trinajstić information content (AvgIpc) is 3.22. The molecule has 3 amide bonds. The molecule has 0 spiro atoms. The van der Waals surface area contributed by atoms with Crippen molar-refractivity contribution in [1.82, 2.24) is 0 Å². The molecular formula is C32H27N3O5S. The topological polar surface area (TPSA) is 97.0 Å². The smallest absolute Gasteiger partial charge is 0.283 e. The summed E-state index contributed by atoms with van der Waals surface area (Å²) in [6, 6.07) is 28.2. The van der Waals surface area contributed by atoms with Gasteiger partial charge in [0.1, 0.15) is 22.1 Å². The molecule has 0 bridgehead atoms. The minimum absolute atomic E-state index is 0.165. The number of amides is 3. The number of anilines is 3. The fourth-order valence-corrected chi connectivity index (χ4v) is 5.06. The molecule has 0 saturated heterocycles. The Morgan fingerprint density at radius 3 is 1.85 bits per heavy atom. The second kappa shape index (κ2) is 12.0. The Bertz CT molecular complexity index is 1610. The third-order valence-electron chi connectivity index (χ3n) is 6.38. The van der Waals surface area contributed by atoms with E-state index in [-0.39, 0.29) is 16.5 Å². The third-order valence-corrected chi connectivity index (χ3v) is 7.47. The highest BCUT2D eigenvalue weighted by molar-refractivity contribution is 8.04. The molecule has 8 nitrogen and oxygen atoms in total. The number of carbonyl (C=O) groups is 3. The Kier molecular flexibility index (Phi) is 8.07. The van der Waals surface area contributed by atoms with Gasteiger partial charge in [-0.1, -0.05) is 29.5 Å². The lowest BCUT2D eigenvalue weighted by atomic mass is 10.1. The van der Waals surface area contributed by atoms with E-state index in [9.17, 15) is 14.4 Å². The summed E-state index contributed by atoms with van der Waals surface area (Å²) in [5.41, 5.74) is 3.47. The van der Waals surface area contributed by atoms with Crippen LogP contribution in [-0.2, 0) is 9.59 Å². The number of carbonyl (C=O) groups excluding carboxylic acids is 3. The molecule has 0 fully saturated rings. The van der Waals surface area contributed by atoms with Crippen molar-refractivity contribution in [2.45, 2.75) is 11.8 Å². The maximum absolute atomic E-state index is 13.6. The van der Waals surface area contributed by atoms with E-state index in [4.69, 9.17) is 9.47 Å². The Morgan fingerprint density at radius 2 is 1.27 bits per heavy atom. The maximum Gasteiger partial charge on any atom is 0.283 e. The van der Waals surface area contributed by atoms with Crippen LogP contribution in [0.25, 0.3) is 0 Å². The summed E-state index contributed by atoms with van der Waals surface area (Å²) in [7, 11) is 3.12. The second-order valence-corrected chi connectivity index (χ2v) is 10.2. The van der Waals surface area contributed by atoms with Gasteiger partial charge in [-0.2, -0.15) is 0 Å². The van der Waals surface area contributed by atoms with Gasteiger partial charge in [0.15, 0.2) is 0 Å². The summed E-state index contributed by atoms with van der Waals surface area (Å²) in [5.74, 6) is 0.146. The van der Waals surface area contributed by atoms with E-state index >= 15 is 0 Å². The van der Waals surface area contributed by atoms with Gasteiger partial charge in [0, 0.05) is 21.8 Å². The van der Waals surface area contributed by atoms with Crippen molar-refractivity contribution >= 4 is 46.5 Å². The first-order valence-electron chi connectivity index (χ1n) is 12.7. The van der Waals surface area contributed by atoms with Crippen LogP contribution in [0.4, 0.5) is 17.1 Å². The molecule has 0 aliphatic carbocycles. The van der Waals surface area contributed by atoms with E-state index in [1.807, 2.05) is 19.1 Å². The minimum atomic E-state index is -0.472. The van der Waals surface area contributed by atoms with Crippen molar-refractivity contribution in [3.8, 4) is 11.5 Å². The van der Waals surface area contributed by atoms with E-state index in [1.165, 1.54) is 11.8 Å². The monoisotopic (exact) mass is 565 g/mol. The van der Waals surface area contributed by atoms with E-state index in [0.717, 1.165) is 15.4 Å². The summed E-state index contributed by atoms with van der Waals surface area (Å²) >= 11 is 1.17. The molecule has 206 valence electrons. The van der Waals surface area contributed by atoms with Gasteiger partial charge in [-0.25, -0.2) is 4.90 Å². The normalized spacial score (nSPS) is 12.9. The number of hydrogen-bond donors (Lipinski definition) is 2. The van der Waals surface area contributed by atoms with Gasteiger partial charge in [-0.05, 0) is 91.9 Å². The predicted molar refractivity (Wildman–Crippen MR) is 161 cm³/mol. The average molecular weight is 566 g/mol. The lowest BCUT2D eigenvalue weighted by molar-refractivity contribution is -0.120. The van der Waals surface area contributed by atoms with Gasteiger partial charge in [0.25, 0.3) is 17.7 Å². The number of hydrogen-bond acceptors (Lipinski definition) is 7. The zero-order valence-electron chi connectivity index (χ0n) is 22.6. The van der Waals surface area contributed by atoms with Crippen LogP contribution >= 0.6 is 11.8 Å². The van der Waals surface area contributed by atoms with Crippen LogP contribution in [0.2, 0.25) is 0 Å². The molecule has 0 saturated carbocycles. The van der Waals surface area contributed by atoms with Crippen molar-refractivity contribution in [1.29, 1.82) is 0 Å². The quantitative estimate of drug-likeness (QED) is 0.232. The van der Waals surface area contributed by atoms with Gasteiger partial charge < -0.3 is 20.1 Å². The van der Waals surface area contributed by atoms with Crippen molar-refractivity contribution in [2.24, 2.45) is 0 Å². The van der Waals surface area contributed by atoms with Crippen molar-refractivity contribution in [3.05, 3.63) is 119 Å². The molecular weight excluding hydrogens is 538 g/mol. The lowest BCUT2D eigenvalue weighted by Crippen LogP contribution is -2.32. The summed E-state index contributed by atoms with van der Waals surface area (Å²) in [6.45, 7) is 1.96. The third kappa shape index (κ3) is 6.10. The van der Waals surface area contributed by atoms with Gasteiger partial charge in [-0.3, -0.25) is 14.4 Å². The zero-order valence-corrected chi connectivity index (χ0v) is 23.5. The van der Waals surface area contributed by atoms with Gasteiger partial charge in [0.05, 0.1) is 19.9 Å². The summed E-state index contributed by atoms with van der Waals surface area (Å²) in [6.07, 6.45) is 0. The van der Waals surface area contributed by atoms with E-state index in [2.05, 4.69) is 10.6 Å². The van der Waals surface area contributed by atoms with Crippen LogP contribution in [0, 0.1) is 6.92 Å². The second-order valence-electron chi connectivity index (χ2n) is 9.15. The first-order valence-corrected chi connectivity index (χ1v) is 13.5. The number of rotatable bonds is 9. The molecule has 9 heteroatoms. The molecule has 5 rings (SSSR count). The van der Waals surface area contributed by atoms with Crippen molar-refractivity contribution in [2.75, 3.05) is 29.8 Å². The molecule has 1 aliphatic heterocycles. The van der Waals surface area contributed by atoms with E-state index in [0.29, 0.717) is 34.1 Å². The number of nitrogens with zero attached hydrogens (tertiary/aromatic N) is 1. The molecule has 0 aromatic heterocycles. The number of ether oxygens (including phenoxy) is 2. The molecule has 41 heavy (non-hydrogen) atoms.